The molecule has 26 heavy (non-hydrogen) atoms. The average molecular weight is 418 g/mol. The number of hydrogen-bond donors (Lipinski definition) is 2. The summed E-state index contributed by atoms with van der Waals surface area (Å²) in [5, 5.41) is 7.48. The summed E-state index contributed by atoms with van der Waals surface area (Å²) >= 11 is 12.8. The van der Waals surface area contributed by atoms with Crippen LogP contribution in [0.5, 0.6) is 0 Å². The third-order valence-electron chi connectivity index (χ3n) is 5.34. The molecular formula is C18H29Cl2N3O2Si. The fourth-order valence-corrected chi connectivity index (χ4v) is 6.87. The van der Waals surface area contributed by atoms with E-state index >= 15 is 0 Å². The zero-order valence-corrected chi connectivity index (χ0v) is 18.3. The minimum absolute atomic E-state index is 0.124. The normalized spacial score (nSPS) is 18.8. The van der Waals surface area contributed by atoms with Gasteiger partial charge in [-0.05, 0) is 24.6 Å². The molecule has 2 N–H and O–H groups in total. The van der Waals surface area contributed by atoms with Gasteiger partial charge in [0.25, 0.3) is 0 Å². The summed E-state index contributed by atoms with van der Waals surface area (Å²) in [7, 11) is -1.85. The maximum atomic E-state index is 11.4. The first-order chi connectivity index (χ1) is 12.4. The first kappa shape index (κ1) is 21.6. The van der Waals surface area contributed by atoms with Crippen LogP contribution in [0, 0.1) is 0 Å². The number of pyridine rings is 1. The van der Waals surface area contributed by atoms with E-state index in [2.05, 4.69) is 36.4 Å². The van der Waals surface area contributed by atoms with Crippen LogP contribution in [0.15, 0.2) is 12.4 Å². The molecule has 1 aromatic rings. The predicted molar refractivity (Wildman–Crippen MR) is 109 cm³/mol. The molecule has 0 aliphatic carbocycles. The van der Waals surface area contributed by atoms with Crippen LogP contribution in [0.25, 0.3) is 0 Å². The first-order valence-corrected chi connectivity index (χ1v) is 12.7. The second kappa shape index (κ2) is 10.0. The van der Waals surface area contributed by atoms with Crippen molar-refractivity contribution in [2.24, 2.45) is 0 Å². The highest BCUT2D eigenvalue weighted by Crippen LogP contribution is 2.36. The summed E-state index contributed by atoms with van der Waals surface area (Å²) < 4.78 is 6.71. The van der Waals surface area contributed by atoms with Crippen molar-refractivity contribution >= 4 is 37.4 Å². The molecule has 0 bridgehead atoms. The molecule has 1 fully saturated rings. The molecule has 1 aliphatic rings. The number of carbonyl (C=O) groups is 1. The van der Waals surface area contributed by atoms with E-state index < -0.39 is 8.32 Å². The third kappa shape index (κ3) is 5.42. The SMILES string of the molecule is CC[Si](CC)(CC)OC(CNCC1CCC(=O)N1)c1c(Cl)cncc1Cl. The summed E-state index contributed by atoms with van der Waals surface area (Å²) in [6.45, 7) is 7.92. The second-order valence-corrected chi connectivity index (χ2v) is 12.4. The molecule has 8 heteroatoms. The van der Waals surface area contributed by atoms with Crippen molar-refractivity contribution in [3.05, 3.63) is 28.0 Å². The smallest absolute Gasteiger partial charge is 0.220 e. The van der Waals surface area contributed by atoms with Crippen LogP contribution in [0.1, 0.15) is 45.3 Å². The number of rotatable bonds is 10. The minimum Gasteiger partial charge on any atom is -0.409 e. The molecule has 1 aliphatic heterocycles. The number of nitrogens with one attached hydrogen (secondary N) is 2. The van der Waals surface area contributed by atoms with E-state index in [-0.39, 0.29) is 18.1 Å². The molecule has 0 spiro atoms. The van der Waals surface area contributed by atoms with Gasteiger partial charge in [0.1, 0.15) is 0 Å². The molecule has 1 amide bonds. The Labute approximate surface area is 167 Å². The maximum Gasteiger partial charge on any atom is 0.220 e. The molecule has 0 radical (unpaired) electrons. The molecule has 1 saturated heterocycles. The topological polar surface area (TPSA) is 63.2 Å². The summed E-state index contributed by atoms with van der Waals surface area (Å²) in [6, 6.07) is 3.33. The number of hydrogen-bond acceptors (Lipinski definition) is 4. The molecule has 146 valence electrons. The highest BCUT2D eigenvalue weighted by Gasteiger charge is 2.34. The molecule has 5 nitrogen and oxygen atoms in total. The van der Waals surface area contributed by atoms with Crippen molar-refractivity contribution < 1.29 is 9.22 Å². The Hall–Kier alpha value is -0.663. The Morgan fingerprint density at radius 3 is 2.38 bits per heavy atom. The zero-order valence-electron chi connectivity index (χ0n) is 15.8. The number of aromatic nitrogens is 1. The van der Waals surface area contributed by atoms with Crippen LogP contribution < -0.4 is 10.6 Å². The lowest BCUT2D eigenvalue weighted by Gasteiger charge is -2.34. The van der Waals surface area contributed by atoms with Crippen molar-refractivity contribution in [3.63, 3.8) is 0 Å². The zero-order chi connectivity index (χ0) is 19.2. The Bertz CT molecular complexity index is 586. The first-order valence-electron chi connectivity index (χ1n) is 9.41. The summed E-state index contributed by atoms with van der Waals surface area (Å²) in [4.78, 5) is 15.4. The van der Waals surface area contributed by atoms with Crippen LogP contribution >= 0.6 is 23.2 Å². The maximum absolute atomic E-state index is 11.4. The lowest BCUT2D eigenvalue weighted by molar-refractivity contribution is -0.119. The van der Waals surface area contributed by atoms with Gasteiger partial charge in [0.15, 0.2) is 8.32 Å². The summed E-state index contributed by atoms with van der Waals surface area (Å²) in [5.41, 5.74) is 0.804. The minimum atomic E-state index is -1.85. The molecular weight excluding hydrogens is 389 g/mol. The van der Waals surface area contributed by atoms with Crippen molar-refractivity contribution in [3.8, 4) is 0 Å². The molecule has 0 aromatic carbocycles. The Kier molecular flexibility index (Phi) is 8.35. The van der Waals surface area contributed by atoms with E-state index in [1.807, 2.05) is 0 Å². The van der Waals surface area contributed by atoms with Crippen molar-refractivity contribution in [2.45, 2.75) is 63.9 Å². The fraction of sp³-hybridized carbons (Fsp3) is 0.667. The highest BCUT2D eigenvalue weighted by atomic mass is 35.5. The van der Waals surface area contributed by atoms with Gasteiger partial charge in [0.05, 0.1) is 16.1 Å². The van der Waals surface area contributed by atoms with Crippen LogP contribution in [0.3, 0.4) is 0 Å². The van der Waals surface area contributed by atoms with Crippen LogP contribution in [-0.4, -0.2) is 38.3 Å². The van der Waals surface area contributed by atoms with E-state index in [1.165, 1.54) is 0 Å². The highest BCUT2D eigenvalue weighted by molar-refractivity contribution is 6.73. The van der Waals surface area contributed by atoms with Crippen LogP contribution in [0.4, 0.5) is 0 Å². The van der Waals surface area contributed by atoms with Crippen molar-refractivity contribution in [1.29, 1.82) is 0 Å². The quantitative estimate of drug-likeness (QED) is 0.556. The largest absolute Gasteiger partial charge is 0.409 e. The van der Waals surface area contributed by atoms with Gasteiger partial charge in [-0.1, -0.05) is 44.0 Å². The van der Waals surface area contributed by atoms with E-state index in [0.29, 0.717) is 29.6 Å². The number of amides is 1. The van der Waals surface area contributed by atoms with E-state index in [1.54, 1.807) is 12.4 Å². The summed E-state index contributed by atoms with van der Waals surface area (Å²) in [5.74, 6) is 0.124. The van der Waals surface area contributed by atoms with Crippen LogP contribution in [0.2, 0.25) is 28.2 Å². The van der Waals surface area contributed by atoms with Crippen molar-refractivity contribution in [2.75, 3.05) is 13.1 Å². The Balaban J connectivity index is 2.14. The molecule has 2 unspecified atom stereocenters. The van der Waals surface area contributed by atoms with E-state index in [0.717, 1.165) is 30.1 Å². The fourth-order valence-electron chi connectivity index (χ4n) is 3.45. The molecule has 2 rings (SSSR count). The monoisotopic (exact) mass is 417 g/mol. The molecule has 2 heterocycles. The molecule has 2 atom stereocenters. The number of nitrogens with zero attached hydrogens (tertiary/aromatic N) is 1. The van der Waals surface area contributed by atoms with Crippen LogP contribution in [-0.2, 0) is 9.22 Å². The standard InChI is InChI=1S/C18H29Cl2N3O2Si/c1-4-26(5-2,6-3)25-16(18-14(19)10-22-11-15(18)20)12-21-9-13-7-8-17(24)23-13/h10-11,13,16,21H,4-9,12H2,1-3H3,(H,23,24). The Morgan fingerprint density at radius 2 is 1.88 bits per heavy atom. The van der Waals surface area contributed by atoms with Gasteiger partial charge in [0.2, 0.25) is 5.91 Å². The van der Waals surface area contributed by atoms with E-state index in [9.17, 15) is 4.79 Å². The molecule has 1 aromatic heterocycles. The van der Waals surface area contributed by atoms with Gasteiger partial charge in [0, 0.05) is 43.5 Å². The molecule has 0 saturated carbocycles. The van der Waals surface area contributed by atoms with Gasteiger partial charge in [-0.25, -0.2) is 0 Å². The van der Waals surface area contributed by atoms with E-state index in [4.69, 9.17) is 27.6 Å². The van der Waals surface area contributed by atoms with Gasteiger partial charge in [-0.3, -0.25) is 9.78 Å². The lowest BCUT2D eigenvalue weighted by atomic mass is 10.1. The van der Waals surface area contributed by atoms with Gasteiger partial charge in [-0.15, -0.1) is 0 Å². The Morgan fingerprint density at radius 1 is 1.27 bits per heavy atom. The van der Waals surface area contributed by atoms with Crippen molar-refractivity contribution in [1.82, 2.24) is 15.6 Å². The third-order valence-corrected chi connectivity index (χ3v) is 10.6. The van der Waals surface area contributed by atoms with Gasteiger partial charge >= 0.3 is 0 Å². The van der Waals surface area contributed by atoms with Gasteiger partial charge in [-0.2, -0.15) is 0 Å². The second-order valence-electron chi connectivity index (χ2n) is 6.83. The average Bonchev–Trinajstić information content (AvgIpc) is 3.04. The summed E-state index contributed by atoms with van der Waals surface area (Å²) in [6.07, 6.45) is 4.48. The lowest BCUT2D eigenvalue weighted by Crippen LogP contribution is -2.42. The number of carbonyl (C=O) groups excluding carboxylic acids is 1. The van der Waals surface area contributed by atoms with Gasteiger partial charge < -0.3 is 15.1 Å². The number of halogens is 2. The predicted octanol–water partition coefficient (Wildman–Crippen LogP) is 4.32.